The zero-order chi connectivity index (χ0) is 12.8. The van der Waals surface area contributed by atoms with Gasteiger partial charge in [0, 0.05) is 20.6 Å². The van der Waals surface area contributed by atoms with Crippen molar-refractivity contribution >= 4 is 49.5 Å². The van der Waals surface area contributed by atoms with Crippen LogP contribution in [0.2, 0.25) is 0 Å². The highest BCUT2D eigenvalue weighted by Crippen LogP contribution is 2.20. The predicted molar refractivity (Wildman–Crippen MR) is 81.8 cm³/mol. The van der Waals surface area contributed by atoms with E-state index in [-0.39, 0.29) is 11.9 Å². The third kappa shape index (κ3) is 5.44. The van der Waals surface area contributed by atoms with E-state index in [1.54, 1.807) is 11.8 Å². The number of halogens is 2. The molecule has 1 amide bonds. The van der Waals surface area contributed by atoms with Gasteiger partial charge >= 0.3 is 0 Å². The van der Waals surface area contributed by atoms with Gasteiger partial charge in [0.2, 0.25) is 0 Å². The van der Waals surface area contributed by atoms with Crippen LogP contribution >= 0.6 is 43.6 Å². The van der Waals surface area contributed by atoms with Crippen LogP contribution in [0.5, 0.6) is 0 Å². The van der Waals surface area contributed by atoms with Crippen LogP contribution in [-0.2, 0) is 0 Å². The first kappa shape index (κ1) is 15.1. The minimum absolute atomic E-state index is 0.0272. The molecule has 0 spiro atoms. The second-order valence-electron chi connectivity index (χ2n) is 3.81. The van der Waals surface area contributed by atoms with Gasteiger partial charge in [0.1, 0.15) is 0 Å². The van der Waals surface area contributed by atoms with Gasteiger partial charge in [-0.05, 0) is 43.6 Å². The molecule has 0 saturated heterocycles. The van der Waals surface area contributed by atoms with Gasteiger partial charge in [-0.3, -0.25) is 4.79 Å². The molecular weight excluding hydrogens is 366 g/mol. The van der Waals surface area contributed by atoms with Crippen molar-refractivity contribution in [2.45, 2.75) is 19.4 Å². The molecule has 0 radical (unpaired) electrons. The zero-order valence-corrected chi connectivity index (χ0v) is 13.8. The van der Waals surface area contributed by atoms with E-state index in [1.165, 1.54) is 0 Å². The molecule has 0 fully saturated rings. The molecule has 2 nitrogen and oxygen atoms in total. The Morgan fingerprint density at radius 1 is 1.35 bits per heavy atom. The maximum absolute atomic E-state index is 12.0. The summed E-state index contributed by atoms with van der Waals surface area (Å²) in [5.41, 5.74) is 0.669. The van der Waals surface area contributed by atoms with Gasteiger partial charge in [0.25, 0.3) is 5.91 Å². The maximum Gasteiger partial charge on any atom is 0.251 e. The van der Waals surface area contributed by atoms with Gasteiger partial charge < -0.3 is 5.32 Å². The molecule has 0 heterocycles. The lowest BCUT2D eigenvalue weighted by molar-refractivity contribution is 0.0939. The number of rotatable bonds is 5. The van der Waals surface area contributed by atoms with E-state index in [2.05, 4.69) is 43.4 Å². The van der Waals surface area contributed by atoms with Gasteiger partial charge in [-0.25, -0.2) is 0 Å². The minimum atomic E-state index is -0.0272. The highest BCUT2D eigenvalue weighted by molar-refractivity contribution is 9.11. The van der Waals surface area contributed by atoms with Crippen molar-refractivity contribution in [1.82, 2.24) is 5.32 Å². The minimum Gasteiger partial charge on any atom is -0.350 e. The summed E-state index contributed by atoms with van der Waals surface area (Å²) >= 11 is 8.54. The van der Waals surface area contributed by atoms with E-state index < -0.39 is 0 Å². The lowest BCUT2D eigenvalue weighted by Crippen LogP contribution is -2.32. The Labute approximate surface area is 123 Å². The summed E-state index contributed by atoms with van der Waals surface area (Å²) < 4.78 is 1.79. The SMILES string of the molecule is CSCCC(C)NC(=O)c1cc(Br)cc(Br)c1. The quantitative estimate of drug-likeness (QED) is 0.833. The Morgan fingerprint density at radius 2 is 1.94 bits per heavy atom. The Bertz CT molecular complexity index is 378. The Hall–Kier alpha value is -0.000000000000000111. The van der Waals surface area contributed by atoms with Gasteiger partial charge in [0.15, 0.2) is 0 Å². The Morgan fingerprint density at radius 3 is 2.47 bits per heavy atom. The molecule has 1 rings (SSSR count). The van der Waals surface area contributed by atoms with Crippen molar-refractivity contribution in [2.75, 3.05) is 12.0 Å². The molecule has 0 bridgehead atoms. The van der Waals surface area contributed by atoms with Crippen LogP contribution in [0.3, 0.4) is 0 Å². The third-order valence-electron chi connectivity index (χ3n) is 2.26. The Balaban J connectivity index is 2.63. The van der Waals surface area contributed by atoms with Gasteiger partial charge in [-0.1, -0.05) is 31.9 Å². The molecule has 0 aliphatic carbocycles. The summed E-state index contributed by atoms with van der Waals surface area (Å²) in [6, 6.07) is 5.75. The van der Waals surface area contributed by atoms with E-state index in [4.69, 9.17) is 0 Å². The smallest absolute Gasteiger partial charge is 0.251 e. The van der Waals surface area contributed by atoms with Crippen molar-refractivity contribution in [3.63, 3.8) is 0 Å². The molecule has 0 saturated carbocycles. The summed E-state index contributed by atoms with van der Waals surface area (Å²) in [4.78, 5) is 12.0. The molecule has 0 aromatic heterocycles. The van der Waals surface area contributed by atoms with Crippen LogP contribution in [0.15, 0.2) is 27.1 Å². The van der Waals surface area contributed by atoms with Gasteiger partial charge in [0.05, 0.1) is 0 Å². The monoisotopic (exact) mass is 379 g/mol. The van der Waals surface area contributed by atoms with Crippen molar-refractivity contribution in [3.8, 4) is 0 Å². The summed E-state index contributed by atoms with van der Waals surface area (Å²) in [7, 11) is 0. The van der Waals surface area contributed by atoms with E-state index in [0.29, 0.717) is 5.56 Å². The largest absolute Gasteiger partial charge is 0.350 e. The molecule has 1 atom stereocenters. The van der Waals surface area contributed by atoms with E-state index in [0.717, 1.165) is 21.1 Å². The van der Waals surface area contributed by atoms with Crippen molar-refractivity contribution in [1.29, 1.82) is 0 Å². The first-order valence-corrected chi connectivity index (χ1v) is 8.27. The molecule has 1 aromatic rings. The van der Waals surface area contributed by atoms with Crippen LogP contribution in [0.4, 0.5) is 0 Å². The van der Waals surface area contributed by atoms with Crippen molar-refractivity contribution < 1.29 is 4.79 Å². The first-order valence-electron chi connectivity index (χ1n) is 5.29. The highest BCUT2D eigenvalue weighted by atomic mass is 79.9. The summed E-state index contributed by atoms with van der Waals surface area (Å²) in [6.45, 7) is 2.03. The second kappa shape index (κ2) is 7.44. The van der Waals surface area contributed by atoms with Crippen LogP contribution in [0, 0.1) is 0 Å². The second-order valence-corrected chi connectivity index (χ2v) is 6.63. The maximum atomic E-state index is 12.0. The average Bonchev–Trinajstić information content (AvgIpc) is 2.25. The summed E-state index contributed by atoms with van der Waals surface area (Å²) in [6.07, 6.45) is 3.06. The normalized spacial score (nSPS) is 12.2. The predicted octanol–water partition coefficient (Wildman–Crippen LogP) is 4.08. The average molecular weight is 381 g/mol. The highest BCUT2D eigenvalue weighted by Gasteiger charge is 2.10. The fourth-order valence-electron chi connectivity index (χ4n) is 1.36. The van der Waals surface area contributed by atoms with Crippen molar-refractivity contribution in [3.05, 3.63) is 32.7 Å². The molecule has 94 valence electrons. The third-order valence-corrected chi connectivity index (χ3v) is 3.82. The van der Waals surface area contributed by atoms with E-state index in [1.807, 2.05) is 25.1 Å². The van der Waals surface area contributed by atoms with Crippen LogP contribution in [-0.4, -0.2) is 24.0 Å². The molecule has 1 N–H and O–H groups in total. The molecule has 1 unspecified atom stereocenters. The molecule has 17 heavy (non-hydrogen) atoms. The fraction of sp³-hybridized carbons (Fsp3) is 0.417. The standard InChI is InChI=1S/C12H15Br2NOS/c1-8(3-4-17-2)15-12(16)9-5-10(13)7-11(14)6-9/h5-8H,3-4H2,1-2H3,(H,15,16). The summed E-state index contributed by atoms with van der Waals surface area (Å²) in [5.74, 6) is 1.03. The molecule has 1 aromatic carbocycles. The number of hydrogen-bond donors (Lipinski definition) is 1. The topological polar surface area (TPSA) is 29.1 Å². The number of thioether (sulfide) groups is 1. The van der Waals surface area contributed by atoms with Crippen LogP contribution in [0.25, 0.3) is 0 Å². The van der Waals surface area contributed by atoms with E-state index in [9.17, 15) is 4.79 Å². The Kier molecular flexibility index (Phi) is 6.59. The molecule has 5 heteroatoms. The van der Waals surface area contributed by atoms with Gasteiger partial charge in [-0.15, -0.1) is 0 Å². The van der Waals surface area contributed by atoms with Crippen molar-refractivity contribution in [2.24, 2.45) is 0 Å². The van der Waals surface area contributed by atoms with Crippen LogP contribution in [0.1, 0.15) is 23.7 Å². The molecule has 0 aliphatic rings. The zero-order valence-electron chi connectivity index (χ0n) is 9.80. The summed E-state index contributed by atoms with van der Waals surface area (Å²) in [5, 5.41) is 2.99. The number of hydrogen-bond acceptors (Lipinski definition) is 2. The van der Waals surface area contributed by atoms with Gasteiger partial charge in [-0.2, -0.15) is 11.8 Å². The molecular formula is C12H15Br2NOS. The number of amides is 1. The fourth-order valence-corrected chi connectivity index (χ4v) is 3.24. The first-order chi connectivity index (χ1) is 8.02. The van der Waals surface area contributed by atoms with Crippen LogP contribution < -0.4 is 5.32 Å². The lowest BCUT2D eigenvalue weighted by atomic mass is 10.2. The molecule has 0 aliphatic heterocycles. The lowest BCUT2D eigenvalue weighted by Gasteiger charge is -2.13. The number of carbonyl (C=O) groups excluding carboxylic acids is 1. The van der Waals surface area contributed by atoms with E-state index >= 15 is 0 Å². The number of benzene rings is 1. The number of carbonyl (C=O) groups is 1. The number of nitrogens with one attached hydrogen (secondary N) is 1.